The number of benzene rings is 1. The maximum atomic E-state index is 12.3. The van der Waals surface area contributed by atoms with Crippen molar-refractivity contribution in [1.29, 1.82) is 5.26 Å². The van der Waals surface area contributed by atoms with Crippen LogP contribution in [0.3, 0.4) is 0 Å². The number of sulfonamides is 1. The van der Waals surface area contributed by atoms with Crippen LogP contribution in [-0.4, -0.2) is 25.7 Å². The molecule has 1 aromatic rings. The van der Waals surface area contributed by atoms with Crippen LogP contribution >= 0.6 is 0 Å². The normalized spacial score (nSPS) is 23.8. The Hall–Kier alpha value is -1.42. The van der Waals surface area contributed by atoms with Gasteiger partial charge in [-0.2, -0.15) is 5.26 Å². The minimum Gasteiger partial charge on any atom is -0.391 e. The largest absolute Gasteiger partial charge is 0.391 e. The summed E-state index contributed by atoms with van der Waals surface area (Å²) in [6.07, 6.45) is 3.45. The first-order chi connectivity index (χ1) is 9.53. The molecule has 0 radical (unpaired) electrons. The highest BCUT2D eigenvalue weighted by Gasteiger charge is 2.27. The standard InChI is InChI=1S/C14H18N2O3S/c15-10-11-5-4-6-12(9-11)20(18,19)16-13-7-2-1-3-8-14(13)17/h4-6,9,13-14,16-17H,1-3,7-8H2. The van der Waals surface area contributed by atoms with Gasteiger partial charge in [0.05, 0.1) is 22.6 Å². The summed E-state index contributed by atoms with van der Waals surface area (Å²) in [6.45, 7) is 0. The number of nitrogens with one attached hydrogen (secondary N) is 1. The van der Waals surface area contributed by atoms with Crippen molar-refractivity contribution in [3.05, 3.63) is 29.8 Å². The second kappa shape index (κ2) is 6.35. The molecular formula is C14H18N2O3S. The Bertz CT molecular complexity index is 607. The molecule has 2 N–H and O–H groups in total. The molecule has 0 heterocycles. The van der Waals surface area contributed by atoms with Gasteiger partial charge < -0.3 is 5.11 Å². The maximum Gasteiger partial charge on any atom is 0.240 e. The number of nitriles is 1. The fourth-order valence-corrected chi connectivity index (χ4v) is 3.78. The molecule has 2 unspecified atom stereocenters. The van der Waals surface area contributed by atoms with Crippen LogP contribution in [0.15, 0.2) is 29.2 Å². The molecule has 0 spiro atoms. The highest BCUT2D eigenvalue weighted by molar-refractivity contribution is 7.89. The second-order valence-electron chi connectivity index (χ2n) is 5.07. The van der Waals surface area contributed by atoms with E-state index >= 15 is 0 Å². The smallest absolute Gasteiger partial charge is 0.240 e. The van der Waals surface area contributed by atoms with E-state index < -0.39 is 22.2 Å². The van der Waals surface area contributed by atoms with E-state index in [0.29, 0.717) is 18.4 Å². The number of hydrogen-bond donors (Lipinski definition) is 2. The predicted octanol–water partition coefficient (Wildman–Crippen LogP) is 1.53. The van der Waals surface area contributed by atoms with Gasteiger partial charge in [-0.25, -0.2) is 13.1 Å². The summed E-state index contributed by atoms with van der Waals surface area (Å²) < 4.78 is 27.2. The lowest BCUT2D eigenvalue weighted by atomic mass is 10.1. The summed E-state index contributed by atoms with van der Waals surface area (Å²) >= 11 is 0. The molecule has 0 aliphatic heterocycles. The predicted molar refractivity (Wildman–Crippen MR) is 74.4 cm³/mol. The highest BCUT2D eigenvalue weighted by atomic mass is 32.2. The van der Waals surface area contributed by atoms with Gasteiger partial charge >= 0.3 is 0 Å². The van der Waals surface area contributed by atoms with Crippen LogP contribution in [0.2, 0.25) is 0 Å². The Balaban J connectivity index is 2.19. The first kappa shape index (κ1) is 15.0. The molecule has 0 amide bonds. The molecule has 0 bridgehead atoms. The molecule has 108 valence electrons. The van der Waals surface area contributed by atoms with Gasteiger partial charge in [-0.05, 0) is 31.0 Å². The molecule has 0 saturated heterocycles. The number of hydrogen-bond acceptors (Lipinski definition) is 4. The van der Waals surface area contributed by atoms with Gasteiger partial charge in [0.2, 0.25) is 10.0 Å². The van der Waals surface area contributed by atoms with Crippen molar-refractivity contribution < 1.29 is 13.5 Å². The van der Waals surface area contributed by atoms with Crippen molar-refractivity contribution >= 4 is 10.0 Å². The molecule has 20 heavy (non-hydrogen) atoms. The summed E-state index contributed by atoms with van der Waals surface area (Å²) in [7, 11) is -3.70. The Morgan fingerprint density at radius 3 is 2.75 bits per heavy atom. The van der Waals surface area contributed by atoms with E-state index in [0.717, 1.165) is 19.3 Å². The number of aliphatic hydroxyl groups is 1. The van der Waals surface area contributed by atoms with Crippen molar-refractivity contribution in [2.24, 2.45) is 0 Å². The fourth-order valence-electron chi connectivity index (χ4n) is 2.43. The Kier molecular flexibility index (Phi) is 4.76. The van der Waals surface area contributed by atoms with E-state index in [4.69, 9.17) is 5.26 Å². The van der Waals surface area contributed by atoms with Crippen LogP contribution in [0.1, 0.15) is 37.7 Å². The average molecular weight is 294 g/mol. The number of rotatable bonds is 3. The molecule has 1 saturated carbocycles. The first-order valence-electron chi connectivity index (χ1n) is 6.73. The van der Waals surface area contributed by atoms with E-state index in [1.165, 1.54) is 18.2 Å². The zero-order valence-electron chi connectivity index (χ0n) is 11.1. The van der Waals surface area contributed by atoms with Crippen LogP contribution in [0.25, 0.3) is 0 Å². The molecule has 2 atom stereocenters. The van der Waals surface area contributed by atoms with Crippen molar-refractivity contribution in [3.8, 4) is 6.07 Å². The van der Waals surface area contributed by atoms with E-state index in [2.05, 4.69) is 4.72 Å². The van der Waals surface area contributed by atoms with Gasteiger partial charge in [0, 0.05) is 6.04 Å². The molecule has 5 nitrogen and oxygen atoms in total. The fraction of sp³-hybridized carbons (Fsp3) is 0.500. The van der Waals surface area contributed by atoms with Crippen molar-refractivity contribution in [1.82, 2.24) is 4.72 Å². The summed E-state index contributed by atoms with van der Waals surface area (Å²) in [6, 6.07) is 7.35. The quantitative estimate of drug-likeness (QED) is 0.827. The van der Waals surface area contributed by atoms with Crippen molar-refractivity contribution in [2.75, 3.05) is 0 Å². The van der Waals surface area contributed by atoms with Crippen molar-refractivity contribution in [2.45, 2.75) is 49.1 Å². The summed E-state index contributed by atoms with van der Waals surface area (Å²) in [5, 5.41) is 18.8. The van der Waals surface area contributed by atoms with Crippen LogP contribution in [-0.2, 0) is 10.0 Å². The van der Waals surface area contributed by atoms with Crippen LogP contribution in [0, 0.1) is 11.3 Å². The van der Waals surface area contributed by atoms with Gasteiger partial charge in [-0.3, -0.25) is 0 Å². The monoisotopic (exact) mass is 294 g/mol. The second-order valence-corrected chi connectivity index (χ2v) is 6.79. The van der Waals surface area contributed by atoms with Crippen LogP contribution in [0.5, 0.6) is 0 Å². The zero-order chi connectivity index (χ0) is 14.6. The van der Waals surface area contributed by atoms with Gasteiger partial charge in [-0.1, -0.05) is 25.3 Å². The van der Waals surface area contributed by atoms with E-state index in [-0.39, 0.29) is 4.90 Å². The summed E-state index contributed by atoms with van der Waals surface area (Å²) in [5.41, 5.74) is 0.300. The third kappa shape index (κ3) is 3.57. The Morgan fingerprint density at radius 1 is 1.25 bits per heavy atom. The lowest BCUT2D eigenvalue weighted by Crippen LogP contribution is -2.42. The van der Waals surface area contributed by atoms with Gasteiger partial charge in [0.15, 0.2) is 0 Å². The molecule has 2 rings (SSSR count). The van der Waals surface area contributed by atoms with E-state index in [9.17, 15) is 13.5 Å². The van der Waals surface area contributed by atoms with Crippen molar-refractivity contribution in [3.63, 3.8) is 0 Å². The topological polar surface area (TPSA) is 90.2 Å². The third-order valence-electron chi connectivity index (χ3n) is 3.56. The molecule has 1 aliphatic carbocycles. The maximum absolute atomic E-state index is 12.3. The molecule has 6 heteroatoms. The third-order valence-corrected chi connectivity index (χ3v) is 5.05. The minimum absolute atomic E-state index is 0.0630. The minimum atomic E-state index is -3.70. The zero-order valence-corrected chi connectivity index (χ0v) is 11.9. The van der Waals surface area contributed by atoms with Gasteiger partial charge in [0.1, 0.15) is 0 Å². The summed E-state index contributed by atoms with van der Waals surface area (Å²) in [4.78, 5) is 0.0630. The SMILES string of the molecule is N#Cc1cccc(S(=O)(=O)NC2CCCCCC2O)c1. The average Bonchev–Trinajstić information content (AvgIpc) is 2.64. The molecule has 0 aromatic heterocycles. The molecule has 1 aromatic carbocycles. The summed E-state index contributed by atoms with van der Waals surface area (Å²) in [5.74, 6) is 0. The Morgan fingerprint density at radius 2 is 2.00 bits per heavy atom. The number of aliphatic hydroxyl groups excluding tert-OH is 1. The van der Waals surface area contributed by atoms with E-state index in [1.807, 2.05) is 6.07 Å². The first-order valence-corrected chi connectivity index (χ1v) is 8.22. The molecular weight excluding hydrogens is 276 g/mol. The molecule has 1 aliphatic rings. The Labute approximate surface area is 119 Å². The number of nitrogens with zero attached hydrogens (tertiary/aromatic N) is 1. The van der Waals surface area contributed by atoms with Crippen LogP contribution < -0.4 is 4.72 Å². The lowest BCUT2D eigenvalue weighted by Gasteiger charge is -2.21. The van der Waals surface area contributed by atoms with Crippen LogP contribution in [0.4, 0.5) is 0 Å². The van der Waals surface area contributed by atoms with Gasteiger partial charge in [0.25, 0.3) is 0 Å². The highest BCUT2D eigenvalue weighted by Crippen LogP contribution is 2.20. The molecule has 1 fully saturated rings. The van der Waals surface area contributed by atoms with Gasteiger partial charge in [-0.15, -0.1) is 0 Å². The lowest BCUT2D eigenvalue weighted by molar-refractivity contribution is 0.130. The van der Waals surface area contributed by atoms with E-state index in [1.54, 1.807) is 6.07 Å².